The number of aliphatic hydroxyl groups is 1. The van der Waals surface area contributed by atoms with Gasteiger partial charge in [0.2, 0.25) is 0 Å². The summed E-state index contributed by atoms with van der Waals surface area (Å²) in [6.07, 6.45) is 0.139. The number of aromatic nitrogens is 2. The van der Waals surface area contributed by atoms with Crippen LogP contribution in [0.3, 0.4) is 0 Å². The lowest BCUT2D eigenvalue weighted by Gasteiger charge is -2.16. The van der Waals surface area contributed by atoms with Gasteiger partial charge in [0, 0.05) is 12.0 Å². The van der Waals surface area contributed by atoms with E-state index in [9.17, 15) is 4.79 Å². The number of rotatable bonds is 4. The number of carbonyl (C=O) groups excluding carboxylic acids is 1. The van der Waals surface area contributed by atoms with Gasteiger partial charge in [-0.1, -0.05) is 25.3 Å². The van der Waals surface area contributed by atoms with Gasteiger partial charge < -0.3 is 10.4 Å². The van der Waals surface area contributed by atoms with Crippen molar-refractivity contribution in [1.29, 1.82) is 0 Å². The lowest BCUT2D eigenvalue weighted by Crippen LogP contribution is -2.28. The Kier molecular flexibility index (Phi) is 4.59. The molecule has 0 saturated heterocycles. The van der Waals surface area contributed by atoms with Crippen molar-refractivity contribution in [2.75, 3.05) is 6.54 Å². The standard InChI is InChI=1S/C11H19N3O2S/c1-7(15)5-6-12-10(16)8-9(11(2,3)4)13-14-17-8/h7,15H,5-6H2,1-4H3,(H,12,16). The fraction of sp³-hybridized carbons (Fsp3) is 0.727. The van der Waals surface area contributed by atoms with E-state index in [-0.39, 0.29) is 11.3 Å². The molecule has 1 unspecified atom stereocenters. The topological polar surface area (TPSA) is 75.1 Å². The molecule has 0 spiro atoms. The lowest BCUT2D eigenvalue weighted by atomic mass is 9.91. The van der Waals surface area contributed by atoms with Gasteiger partial charge in [0.1, 0.15) is 4.88 Å². The molecular weight excluding hydrogens is 238 g/mol. The Bertz CT molecular complexity index is 382. The Balaban J connectivity index is 2.67. The Hall–Kier alpha value is -1.01. The zero-order chi connectivity index (χ0) is 13.1. The molecule has 2 N–H and O–H groups in total. The van der Waals surface area contributed by atoms with Crippen LogP contribution in [-0.4, -0.2) is 33.2 Å². The zero-order valence-electron chi connectivity index (χ0n) is 10.6. The first-order valence-electron chi connectivity index (χ1n) is 5.61. The summed E-state index contributed by atoms with van der Waals surface area (Å²) in [7, 11) is 0. The Labute approximate surface area is 105 Å². The third-order valence-electron chi connectivity index (χ3n) is 2.25. The van der Waals surface area contributed by atoms with E-state index in [0.29, 0.717) is 17.8 Å². The number of nitrogens with one attached hydrogen (secondary N) is 1. The molecule has 0 aliphatic heterocycles. The van der Waals surface area contributed by atoms with Crippen LogP contribution in [0.1, 0.15) is 49.5 Å². The minimum absolute atomic E-state index is 0.162. The Morgan fingerprint density at radius 1 is 1.53 bits per heavy atom. The van der Waals surface area contributed by atoms with Crippen LogP contribution in [0.5, 0.6) is 0 Å². The molecule has 0 fully saturated rings. The zero-order valence-corrected chi connectivity index (χ0v) is 11.5. The van der Waals surface area contributed by atoms with Gasteiger partial charge in [0.05, 0.1) is 11.8 Å². The molecule has 17 heavy (non-hydrogen) atoms. The summed E-state index contributed by atoms with van der Waals surface area (Å²) in [5, 5.41) is 15.9. The van der Waals surface area contributed by atoms with Crippen molar-refractivity contribution < 1.29 is 9.90 Å². The average Bonchev–Trinajstić information content (AvgIpc) is 2.64. The average molecular weight is 257 g/mol. The Morgan fingerprint density at radius 3 is 2.71 bits per heavy atom. The van der Waals surface area contributed by atoms with E-state index in [1.807, 2.05) is 20.8 Å². The summed E-state index contributed by atoms with van der Waals surface area (Å²) in [5.74, 6) is -0.162. The Morgan fingerprint density at radius 2 is 2.18 bits per heavy atom. The number of aliphatic hydroxyl groups excluding tert-OH is 1. The predicted octanol–water partition coefficient (Wildman–Crippen LogP) is 1.34. The summed E-state index contributed by atoms with van der Waals surface area (Å²) in [6, 6.07) is 0. The molecule has 0 radical (unpaired) electrons. The maximum Gasteiger partial charge on any atom is 0.264 e. The van der Waals surface area contributed by atoms with Gasteiger partial charge in [-0.15, -0.1) is 5.10 Å². The summed E-state index contributed by atoms with van der Waals surface area (Å²) < 4.78 is 3.83. The molecule has 1 aromatic heterocycles. The summed E-state index contributed by atoms with van der Waals surface area (Å²) in [5.41, 5.74) is 0.529. The van der Waals surface area contributed by atoms with Crippen LogP contribution in [0.25, 0.3) is 0 Å². The van der Waals surface area contributed by atoms with E-state index >= 15 is 0 Å². The largest absolute Gasteiger partial charge is 0.393 e. The molecule has 1 aromatic rings. The highest BCUT2D eigenvalue weighted by Crippen LogP contribution is 2.25. The first-order valence-corrected chi connectivity index (χ1v) is 6.39. The minimum atomic E-state index is -0.406. The summed E-state index contributed by atoms with van der Waals surface area (Å²) in [6.45, 7) is 8.14. The van der Waals surface area contributed by atoms with Crippen LogP contribution in [0, 0.1) is 0 Å². The van der Waals surface area contributed by atoms with Crippen LogP contribution in [0.4, 0.5) is 0 Å². The second kappa shape index (κ2) is 5.55. The SMILES string of the molecule is CC(O)CCNC(=O)c1snnc1C(C)(C)C. The number of amides is 1. The normalized spacial score (nSPS) is 13.5. The van der Waals surface area contributed by atoms with Gasteiger partial charge in [0.15, 0.2) is 0 Å². The van der Waals surface area contributed by atoms with Crippen molar-refractivity contribution in [3.8, 4) is 0 Å². The molecule has 96 valence electrons. The molecule has 5 nitrogen and oxygen atoms in total. The van der Waals surface area contributed by atoms with Gasteiger partial charge in [0.25, 0.3) is 5.91 Å². The van der Waals surface area contributed by atoms with E-state index in [1.54, 1.807) is 6.92 Å². The van der Waals surface area contributed by atoms with Crippen LogP contribution in [0.2, 0.25) is 0 Å². The van der Waals surface area contributed by atoms with E-state index in [2.05, 4.69) is 14.9 Å². The second-order valence-electron chi connectivity index (χ2n) is 5.09. The van der Waals surface area contributed by atoms with Gasteiger partial charge in [-0.05, 0) is 24.9 Å². The van der Waals surface area contributed by atoms with Crippen LogP contribution in [0.15, 0.2) is 0 Å². The van der Waals surface area contributed by atoms with E-state index in [1.165, 1.54) is 0 Å². The maximum atomic E-state index is 11.9. The monoisotopic (exact) mass is 257 g/mol. The molecule has 0 bridgehead atoms. The molecule has 0 aliphatic rings. The molecular formula is C11H19N3O2S. The van der Waals surface area contributed by atoms with Crippen molar-refractivity contribution in [3.63, 3.8) is 0 Å². The summed E-state index contributed by atoms with van der Waals surface area (Å²) >= 11 is 1.11. The minimum Gasteiger partial charge on any atom is -0.393 e. The van der Waals surface area contributed by atoms with Crippen LogP contribution < -0.4 is 5.32 Å². The second-order valence-corrected chi connectivity index (χ2v) is 5.85. The lowest BCUT2D eigenvalue weighted by molar-refractivity contribution is 0.0947. The molecule has 1 atom stereocenters. The van der Waals surface area contributed by atoms with E-state index in [4.69, 9.17) is 5.11 Å². The third kappa shape index (κ3) is 4.05. The highest BCUT2D eigenvalue weighted by atomic mass is 32.1. The number of hydrogen-bond donors (Lipinski definition) is 2. The van der Waals surface area contributed by atoms with Crippen LogP contribution >= 0.6 is 11.5 Å². The van der Waals surface area contributed by atoms with Crippen molar-refractivity contribution >= 4 is 17.4 Å². The molecule has 1 amide bonds. The fourth-order valence-corrected chi connectivity index (χ4v) is 2.10. The molecule has 0 saturated carbocycles. The maximum absolute atomic E-state index is 11.9. The smallest absolute Gasteiger partial charge is 0.264 e. The molecule has 0 aromatic carbocycles. The predicted molar refractivity (Wildman–Crippen MR) is 67.2 cm³/mol. The van der Waals surface area contributed by atoms with Crippen LogP contribution in [-0.2, 0) is 5.41 Å². The quantitative estimate of drug-likeness (QED) is 0.853. The summed E-state index contributed by atoms with van der Waals surface area (Å²) in [4.78, 5) is 12.5. The van der Waals surface area contributed by atoms with Gasteiger partial charge >= 0.3 is 0 Å². The van der Waals surface area contributed by atoms with E-state index < -0.39 is 6.10 Å². The molecule has 1 heterocycles. The molecule has 6 heteroatoms. The number of hydrogen-bond acceptors (Lipinski definition) is 5. The van der Waals surface area contributed by atoms with Crippen molar-refractivity contribution in [1.82, 2.24) is 14.9 Å². The van der Waals surface area contributed by atoms with Crippen molar-refractivity contribution in [2.24, 2.45) is 0 Å². The number of nitrogens with zero attached hydrogens (tertiary/aromatic N) is 2. The van der Waals surface area contributed by atoms with Crippen molar-refractivity contribution in [2.45, 2.75) is 45.6 Å². The van der Waals surface area contributed by atoms with E-state index in [0.717, 1.165) is 17.2 Å². The van der Waals surface area contributed by atoms with Gasteiger partial charge in [-0.25, -0.2) is 0 Å². The fourth-order valence-electron chi connectivity index (χ4n) is 1.31. The highest BCUT2D eigenvalue weighted by molar-refractivity contribution is 7.08. The first-order chi connectivity index (χ1) is 7.82. The number of carbonyl (C=O) groups is 1. The first kappa shape index (κ1) is 14.1. The van der Waals surface area contributed by atoms with Gasteiger partial charge in [-0.2, -0.15) is 0 Å². The van der Waals surface area contributed by atoms with Gasteiger partial charge in [-0.3, -0.25) is 4.79 Å². The van der Waals surface area contributed by atoms with Crippen molar-refractivity contribution in [3.05, 3.63) is 10.6 Å². The highest BCUT2D eigenvalue weighted by Gasteiger charge is 2.25. The third-order valence-corrected chi connectivity index (χ3v) is 2.98. The molecule has 1 rings (SSSR count). The molecule has 0 aliphatic carbocycles.